The highest BCUT2D eigenvalue weighted by Gasteiger charge is 2.35. The fraction of sp³-hybridized carbons (Fsp3) is 0.158. The normalized spacial score (nSPS) is 16.6. The number of carbonyl (C=O) groups excluding carboxylic acids is 2. The van der Waals surface area contributed by atoms with E-state index < -0.39 is 0 Å². The van der Waals surface area contributed by atoms with Gasteiger partial charge in [-0.05, 0) is 36.4 Å². The number of rotatable bonds is 4. The van der Waals surface area contributed by atoms with Gasteiger partial charge < -0.3 is 9.32 Å². The highest BCUT2D eigenvalue weighted by Crippen LogP contribution is 2.32. The molecule has 2 amide bonds. The lowest BCUT2D eigenvalue weighted by Crippen LogP contribution is -2.24. The van der Waals surface area contributed by atoms with Gasteiger partial charge in [0.2, 0.25) is 11.8 Å². The molecule has 0 spiro atoms. The smallest absolute Gasteiger partial charge is 0.322 e. The van der Waals surface area contributed by atoms with Crippen LogP contribution in [0.3, 0.4) is 0 Å². The number of aromatic nitrogens is 2. The highest BCUT2D eigenvalue weighted by molar-refractivity contribution is 6.30. The van der Waals surface area contributed by atoms with Crippen molar-refractivity contribution in [2.75, 3.05) is 16.8 Å². The molecule has 1 aliphatic rings. The van der Waals surface area contributed by atoms with Crippen molar-refractivity contribution >= 4 is 35.1 Å². The molecule has 4 rings (SSSR count). The molecule has 27 heavy (non-hydrogen) atoms. The van der Waals surface area contributed by atoms with Crippen LogP contribution in [0.15, 0.2) is 59.0 Å². The lowest BCUT2D eigenvalue weighted by Gasteiger charge is -2.15. The second-order valence-electron chi connectivity index (χ2n) is 6.15. The zero-order chi connectivity index (χ0) is 18.8. The summed E-state index contributed by atoms with van der Waals surface area (Å²) in [6, 6.07) is 15.8. The molecule has 0 radical (unpaired) electrons. The zero-order valence-corrected chi connectivity index (χ0v) is 14.9. The minimum atomic E-state index is -0.337. The third kappa shape index (κ3) is 3.68. The van der Waals surface area contributed by atoms with Gasteiger partial charge in [-0.3, -0.25) is 14.9 Å². The van der Waals surface area contributed by atoms with Crippen LogP contribution in [0.1, 0.15) is 28.6 Å². The monoisotopic (exact) mass is 382 g/mol. The zero-order valence-electron chi connectivity index (χ0n) is 14.1. The third-order valence-corrected chi connectivity index (χ3v) is 4.56. The first-order valence-electron chi connectivity index (χ1n) is 8.36. The summed E-state index contributed by atoms with van der Waals surface area (Å²) in [5.41, 5.74) is 1.26. The van der Waals surface area contributed by atoms with Crippen LogP contribution in [0, 0.1) is 0 Å². The minimum Gasteiger partial charge on any atom is -0.407 e. The van der Waals surface area contributed by atoms with Crippen molar-refractivity contribution in [3.8, 4) is 0 Å². The maximum atomic E-state index is 12.3. The largest absolute Gasteiger partial charge is 0.407 e. The van der Waals surface area contributed by atoms with E-state index in [1.54, 1.807) is 53.4 Å². The van der Waals surface area contributed by atoms with Gasteiger partial charge in [0.05, 0.1) is 5.92 Å². The standard InChI is InChI=1S/C19H15ClN4O3/c20-14-6-8-15(9-7-14)24-11-13(10-16(24)25)18-22-23-19(27-18)21-17(26)12-4-2-1-3-5-12/h1-9,13H,10-11H2,(H,21,23,26)/t13-/m1/s1. The van der Waals surface area contributed by atoms with Crippen LogP contribution in [0.4, 0.5) is 11.7 Å². The van der Waals surface area contributed by atoms with Crippen LogP contribution >= 0.6 is 11.6 Å². The van der Waals surface area contributed by atoms with Crippen molar-refractivity contribution in [2.24, 2.45) is 0 Å². The molecule has 0 aliphatic carbocycles. The summed E-state index contributed by atoms with van der Waals surface area (Å²) in [6.45, 7) is 0.425. The van der Waals surface area contributed by atoms with Gasteiger partial charge in [0.1, 0.15) is 0 Å². The van der Waals surface area contributed by atoms with Gasteiger partial charge in [0.15, 0.2) is 0 Å². The highest BCUT2D eigenvalue weighted by atomic mass is 35.5. The lowest BCUT2D eigenvalue weighted by molar-refractivity contribution is -0.117. The molecule has 8 heteroatoms. The molecule has 3 aromatic rings. The van der Waals surface area contributed by atoms with Crippen LogP contribution in [-0.2, 0) is 4.79 Å². The first kappa shape index (κ1) is 17.2. The molecule has 1 fully saturated rings. The summed E-state index contributed by atoms with van der Waals surface area (Å²) >= 11 is 5.90. The molecule has 136 valence electrons. The molecule has 1 aromatic heterocycles. The maximum absolute atomic E-state index is 12.3. The number of nitrogens with one attached hydrogen (secondary N) is 1. The van der Waals surface area contributed by atoms with Gasteiger partial charge in [0.25, 0.3) is 5.91 Å². The van der Waals surface area contributed by atoms with E-state index >= 15 is 0 Å². The molecule has 2 heterocycles. The van der Waals surface area contributed by atoms with Crippen LogP contribution in [0.5, 0.6) is 0 Å². The molecule has 1 aliphatic heterocycles. The number of benzene rings is 2. The van der Waals surface area contributed by atoms with E-state index in [1.165, 1.54) is 0 Å². The Kier molecular flexibility index (Phi) is 4.60. The van der Waals surface area contributed by atoms with Crippen molar-refractivity contribution in [3.63, 3.8) is 0 Å². The SMILES string of the molecule is O=C(Nc1nnc([C@@H]2CC(=O)N(c3ccc(Cl)cc3)C2)o1)c1ccccc1. The predicted octanol–water partition coefficient (Wildman–Crippen LogP) is 3.50. The van der Waals surface area contributed by atoms with Crippen LogP contribution in [0.2, 0.25) is 5.02 Å². The Bertz CT molecular complexity index is 972. The Balaban J connectivity index is 1.45. The van der Waals surface area contributed by atoms with Gasteiger partial charge in [-0.1, -0.05) is 34.9 Å². The third-order valence-electron chi connectivity index (χ3n) is 4.31. The van der Waals surface area contributed by atoms with Crippen LogP contribution in [-0.4, -0.2) is 28.6 Å². The summed E-state index contributed by atoms with van der Waals surface area (Å²) in [7, 11) is 0. The van der Waals surface area contributed by atoms with E-state index in [0.717, 1.165) is 5.69 Å². The van der Waals surface area contributed by atoms with E-state index in [4.69, 9.17) is 16.0 Å². The van der Waals surface area contributed by atoms with E-state index in [1.807, 2.05) is 6.07 Å². The maximum Gasteiger partial charge on any atom is 0.322 e. The predicted molar refractivity (Wildman–Crippen MR) is 99.9 cm³/mol. The Morgan fingerprint density at radius 2 is 1.85 bits per heavy atom. The molecular formula is C19H15ClN4O3. The van der Waals surface area contributed by atoms with E-state index in [-0.39, 0.29) is 30.2 Å². The van der Waals surface area contributed by atoms with Crippen molar-refractivity contribution in [1.29, 1.82) is 0 Å². The van der Waals surface area contributed by atoms with Gasteiger partial charge in [-0.2, -0.15) is 0 Å². The molecule has 1 N–H and O–H groups in total. The Morgan fingerprint density at radius 1 is 1.11 bits per heavy atom. The Labute approximate surface area is 160 Å². The van der Waals surface area contributed by atoms with Crippen LogP contribution < -0.4 is 10.2 Å². The van der Waals surface area contributed by atoms with E-state index in [2.05, 4.69) is 15.5 Å². The number of hydrogen-bond donors (Lipinski definition) is 1. The second-order valence-corrected chi connectivity index (χ2v) is 6.58. The first-order valence-corrected chi connectivity index (χ1v) is 8.73. The summed E-state index contributed by atoms with van der Waals surface area (Å²) in [5, 5.41) is 11.0. The molecule has 0 unspecified atom stereocenters. The average Bonchev–Trinajstić information content (AvgIpc) is 3.30. The van der Waals surface area contributed by atoms with Crippen molar-refractivity contribution in [1.82, 2.24) is 10.2 Å². The second kappa shape index (κ2) is 7.20. The fourth-order valence-electron chi connectivity index (χ4n) is 2.95. The van der Waals surface area contributed by atoms with Gasteiger partial charge in [-0.25, -0.2) is 0 Å². The quantitative estimate of drug-likeness (QED) is 0.746. The molecule has 1 atom stereocenters. The number of carbonyl (C=O) groups is 2. The number of nitrogens with zero attached hydrogens (tertiary/aromatic N) is 3. The topological polar surface area (TPSA) is 88.3 Å². The Morgan fingerprint density at radius 3 is 2.59 bits per heavy atom. The average molecular weight is 383 g/mol. The summed E-state index contributed by atoms with van der Waals surface area (Å²) in [6.07, 6.45) is 0.261. The fourth-order valence-corrected chi connectivity index (χ4v) is 3.08. The number of anilines is 2. The first-order chi connectivity index (χ1) is 13.1. The van der Waals surface area contributed by atoms with Gasteiger partial charge >= 0.3 is 6.01 Å². The van der Waals surface area contributed by atoms with E-state index in [0.29, 0.717) is 23.0 Å². The molecule has 0 bridgehead atoms. The lowest BCUT2D eigenvalue weighted by atomic mass is 10.1. The number of halogens is 1. The summed E-state index contributed by atoms with van der Waals surface area (Å²) in [5.74, 6) is -0.280. The molecule has 7 nitrogen and oxygen atoms in total. The minimum absolute atomic E-state index is 0.0104. The molecular weight excluding hydrogens is 368 g/mol. The number of hydrogen-bond acceptors (Lipinski definition) is 5. The molecule has 0 saturated carbocycles. The van der Waals surface area contributed by atoms with Gasteiger partial charge in [-0.15, -0.1) is 5.10 Å². The Hall–Kier alpha value is -3.19. The van der Waals surface area contributed by atoms with Crippen LogP contribution in [0.25, 0.3) is 0 Å². The molecule has 1 saturated heterocycles. The van der Waals surface area contributed by atoms with Crippen molar-refractivity contribution in [3.05, 3.63) is 71.1 Å². The van der Waals surface area contributed by atoms with E-state index in [9.17, 15) is 9.59 Å². The molecule has 2 aromatic carbocycles. The summed E-state index contributed by atoms with van der Waals surface area (Å²) in [4.78, 5) is 26.2. The number of amides is 2. The van der Waals surface area contributed by atoms with Crippen molar-refractivity contribution in [2.45, 2.75) is 12.3 Å². The van der Waals surface area contributed by atoms with Crippen molar-refractivity contribution < 1.29 is 14.0 Å². The van der Waals surface area contributed by atoms with Gasteiger partial charge in [0, 0.05) is 29.2 Å². The summed E-state index contributed by atoms with van der Waals surface area (Å²) < 4.78 is 5.56.